The van der Waals surface area contributed by atoms with Crippen molar-refractivity contribution in [1.82, 2.24) is 0 Å². The molecule has 0 saturated heterocycles. The van der Waals surface area contributed by atoms with Gasteiger partial charge in [-0.15, -0.1) is 0 Å². The summed E-state index contributed by atoms with van der Waals surface area (Å²) < 4.78 is 15.9. The first-order valence-corrected chi connectivity index (χ1v) is 6.95. The van der Waals surface area contributed by atoms with Gasteiger partial charge in [-0.3, -0.25) is 14.4 Å². The van der Waals surface area contributed by atoms with Crippen LogP contribution in [0.1, 0.15) is 31.6 Å². The van der Waals surface area contributed by atoms with Gasteiger partial charge in [-0.1, -0.05) is 0 Å². The van der Waals surface area contributed by atoms with Crippen LogP contribution in [-0.2, 0) is 22.4 Å². The number of hydrogen-bond acceptors (Lipinski definition) is 6. The fraction of sp³-hybridized carbons (Fsp3) is 0.312. The highest BCUT2D eigenvalue weighted by Crippen LogP contribution is 2.33. The standard InChI is InChI=1S/C16H14O6/c1-8(17)20-10-6-13(21-9(2)18)15-14(7-10)22-12-5-3-4-11(12)16(15)19/h6-7H,3-5H2,1-2H3. The maximum atomic E-state index is 12.6. The van der Waals surface area contributed by atoms with E-state index in [1.807, 2.05) is 0 Å². The predicted octanol–water partition coefficient (Wildman–Crippen LogP) is 2.13. The van der Waals surface area contributed by atoms with Crippen molar-refractivity contribution in [3.05, 3.63) is 33.7 Å². The lowest BCUT2D eigenvalue weighted by atomic mass is 10.1. The molecule has 0 amide bonds. The Morgan fingerprint density at radius 3 is 2.50 bits per heavy atom. The highest BCUT2D eigenvalue weighted by Gasteiger charge is 2.23. The quantitative estimate of drug-likeness (QED) is 0.624. The van der Waals surface area contributed by atoms with Crippen LogP contribution >= 0.6 is 0 Å². The molecule has 1 heterocycles. The Hall–Kier alpha value is -2.63. The summed E-state index contributed by atoms with van der Waals surface area (Å²) in [6.45, 7) is 2.49. The van der Waals surface area contributed by atoms with Crippen molar-refractivity contribution in [2.75, 3.05) is 0 Å². The lowest BCUT2D eigenvalue weighted by Crippen LogP contribution is -2.12. The van der Waals surface area contributed by atoms with Crippen molar-refractivity contribution < 1.29 is 23.5 Å². The highest BCUT2D eigenvalue weighted by molar-refractivity contribution is 5.89. The number of esters is 2. The maximum absolute atomic E-state index is 12.6. The molecule has 0 spiro atoms. The van der Waals surface area contributed by atoms with Gasteiger partial charge in [0.25, 0.3) is 0 Å². The minimum Gasteiger partial charge on any atom is -0.460 e. The number of carbonyl (C=O) groups is 2. The van der Waals surface area contributed by atoms with E-state index in [0.717, 1.165) is 6.42 Å². The van der Waals surface area contributed by atoms with Gasteiger partial charge in [0.05, 0.1) is 0 Å². The average Bonchev–Trinajstić information content (AvgIpc) is 2.85. The molecule has 0 bridgehead atoms. The van der Waals surface area contributed by atoms with E-state index in [2.05, 4.69) is 0 Å². The molecule has 114 valence electrons. The summed E-state index contributed by atoms with van der Waals surface area (Å²) >= 11 is 0. The number of fused-ring (bicyclic) bond motifs is 2. The van der Waals surface area contributed by atoms with Crippen molar-refractivity contribution in [1.29, 1.82) is 0 Å². The van der Waals surface area contributed by atoms with Gasteiger partial charge < -0.3 is 13.9 Å². The van der Waals surface area contributed by atoms with Crippen LogP contribution in [0.4, 0.5) is 0 Å². The minimum absolute atomic E-state index is 0.0460. The van der Waals surface area contributed by atoms with E-state index in [-0.39, 0.29) is 27.9 Å². The van der Waals surface area contributed by atoms with Crippen molar-refractivity contribution in [3.8, 4) is 11.5 Å². The van der Waals surface area contributed by atoms with Gasteiger partial charge in [-0.2, -0.15) is 0 Å². The molecule has 0 radical (unpaired) electrons. The topological polar surface area (TPSA) is 82.8 Å². The summed E-state index contributed by atoms with van der Waals surface area (Å²) in [5.41, 5.74) is 0.682. The van der Waals surface area contributed by atoms with Gasteiger partial charge in [-0.05, 0) is 12.8 Å². The van der Waals surface area contributed by atoms with Gasteiger partial charge in [0, 0.05) is 38.0 Å². The number of ether oxygens (including phenoxy) is 2. The number of aryl methyl sites for hydroxylation is 1. The number of hydrogen-bond donors (Lipinski definition) is 0. The molecule has 6 nitrogen and oxygen atoms in total. The van der Waals surface area contributed by atoms with Crippen molar-refractivity contribution in [2.24, 2.45) is 0 Å². The molecule has 2 aromatic rings. The van der Waals surface area contributed by atoms with Crippen LogP contribution in [0.5, 0.6) is 11.5 Å². The first kappa shape index (κ1) is 14.3. The van der Waals surface area contributed by atoms with Gasteiger partial charge in [0.1, 0.15) is 28.2 Å². The molecule has 1 aromatic heterocycles. The van der Waals surface area contributed by atoms with Gasteiger partial charge in [0.15, 0.2) is 5.43 Å². The molecule has 0 saturated carbocycles. The van der Waals surface area contributed by atoms with E-state index in [1.165, 1.54) is 26.0 Å². The van der Waals surface area contributed by atoms with E-state index >= 15 is 0 Å². The first-order chi connectivity index (χ1) is 10.5. The second-order valence-electron chi connectivity index (χ2n) is 5.17. The Morgan fingerprint density at radius 1 is 1.09 bits per heavy atom. The normalized spacial score (nSPS) is 13.0. The zero-order chi connectivity index (χ0) is 15.9. The monoisotopic (exact) mass is 302 g/mol. The van der Waals surface area contributed by atoms with Crippen LogP contribution in [-0.4, -0.2) is 11.9 Å². The third-order valence-corrected chi connectivity index (χ3v) is 3.46. The molecular weight excluding hydrogens is 288 g/mol. The van der Waals surface area contributed by atoms with Gasteiger partial charge in [0.2, 0.25) is 0 Å². The van der Waals surface area contributed by atoms with Crippen LogP contribution in [0.25, 0.3) is 11.0 Å². The Kier molecular flexibility index (Phi) is 3.44. The van der Waals surface area contributed by atoms with Crippen LogP contribution in [0.3, 0.4) is 0 Å². The fourth-order valence-corrected chi connectivity index (χ4v) is 2.68. The summed E-state index contributed by atoms with van der Waals surface area (Å²) in [4.78, 5) is 35.0. The minimum atomic E-state index is -0.568. The zero-order valence-corrected chi connectivity index (χ0v) is 12.2. The second-order valence-corrected chi connectivity index (χ2v) is 5.17. The largest absolute Gasteiger partial charge is 0.460 e. The van der Waals surface area contributed by atoms with Crippen LogP contribution in [0, 0.1) is 0 Å². The molecule has 6 heteroatoms. The van der Waals surface area contributed by atoms with Crippen LogP contribution in [0.2, 0.25) is 0 Å². The molecule has 1 aromatic carbocycles. The van der Waals surface area contributed by atoms with Crippen molar-refractivity contribution in [3.63, 3.8) is 0 Å². The summed E-state index contributed by atoms with van der Waals surface area (Å²) in [6, 6.07) is 2.81. The maximum Gasteiger partial charge on any atom is 0.308 e. The summed E-state index contributed by atoms with van der Waals surface area (Å²) in [6.07, 6.45) is 2.20. The van der Waals surface area contributed by atoms with Gasteiger partial charge >= 0.3 is 11.9 Å². The molecule has 0 atom stereocenters. The Balaban J connectivity index is 2.29. The molecule has 22 heavy (non-hydrogen) atoms. The number of benzene rings is 1. The SMILES string of the molecule is CC(=O)Oc1cc(OC(C)=O)c2c(=O)c3c(oc2c1)CCC3. The van der Waals surface area contributed by atoms with Crippen LogP contribution < -0.4 is 14.9 Å². The highest BCUT2D eigenvalue weighted by atomic mass is 16.5. The third kappa shape index (κ3) is 2.47. The molecule has 1 aliphatic rings. The predicted molar refractivity (Wildman–Crippen MR) is 77.1 cm³/mol. The molecule has 0 aliphatic heterocycles. The zero-order valence-electron chi connectivity index (χ0n) is 12.2. The summed E-state index contributed by atoms with van der Waals surface area (Å²) in [5, 5.41) is 0.201. The smallest absolute Gasteiger partial charge is 0.308 e. The van der Waals surface area contributed by atoms with E-state index in [4.69, 9.17) is 13.9 Å². The van der Waals surface area contributed by atoms with Crippen LogP contribution in [0.15, 0.2) is 21.3 Å². The van der Waals surface area contributed by atoms with Gasteiger partial charge in [-0.25, -0.2) is 0 Å². The lowest BCUT2D eigenvalue weighted by Gasteiger charge is -2.10. The molecule has 0 N–H and O–H groups in total. The Bertz CT molecular complexity index is 846. The van der Waals surface area contributed by atoms with E-state index < -0.39 is 11.9 Å². The van der Waals surface area contributed by atoms with Crippen molar-refractivity contribution >= 4 is 22.9 Å². The molecule has 0 unspecified atom stereocenters. The van der Waals surface area contributed by atoms with E-state index in [1.54, 1.807) is 0 Å². The average molecular weight is 302 g/mol. The lowest BCUT2D eigenvalue weighted by molar-refractivity contribution is -0.132. The van der Waals surface area contributed by atoms with E-state index in [0.29, 0.717) is 24.2 Å². The fourth-order valence-electron chi connectivity index (χ4n) is 2.68. The molecular formula is C16H14O6. The van der Waals surface area contributed by atoms with E-state index in [9.17, 15) is 14.4 Å². The first-order valence-electron chi connectivity index (χ1n) is 6.95. The summed E-state index contributed by atoms with van der Waals surface area (Å²) in [7, 11) is 0. The number of rotatable bonds is 2. The molecule has 1 aliphatic carbocycles. The Labute approximate surface area is 125 Å². The number of carbonyl (C=O) groups excluding carboxylic acids is 2. The third-order valence-electron chi connectivity index (χ3n) is 3.46. The summed E-state index contributed by atoms with van der Waals surface area (Å²) in [5.74, 6) is -0.230. The second kappa shape index (κ2) is 5.29. The Morgan fingerprint density at radius 2 is 1.82 bits per heavy atom. The molecule has 3 rings (SSSR count). The molecule has 0 fully saturated rings. The van der Waals surface area contributed by atoms with Crippen molar-refractivity contribution in [2.45, 2.75) is 33.1 Å².